The molecule has 0 spiro atoms. The van der Waals surface area contributed by atoms with Crippen molar-refractivity contribution in [2.45, 2.75) is 32.5 Å². The zero-order valence-corrected chi connectivity index (χ0v) is 13.8. The minimum absolute atomic E-state index is 0.0000384. The SMILES string of the molecule is Cc1cc(C(C)N2CC=CN2CCCO)cnc1OCC(F)(F)F. The smallest absolute Gasteiger partial charge is 0.422 e. The van der Waals surface area contributed by atoms with Crippen LogP contribution in [-0.2, 0) is 0 Å². The summed E-state index contributed by atoms with van der Waals surface area (Å²) in [5, 5.41) is 13.1. The molecular weight excluding hydrogens is 323 g/mol. The summed E-state index contributed by atoms with van der Waals surface area (Å²) in [6.07, 6.45) is 1.82. The summed E-state index contributed by atoms with van der Waals surface area (Å²) in [7, 11) is 0. The second-order valence-corrected chi connectivity index (χ2v) is 5.72. The first-order valence-electron chi connectivity index (χ1n) is 7.78. The van der Waals surface area contributed by atoms with Gasteiger partial charge in [-0.15, -0.1) is 0 Å². The Bertz CT molecular complexity index is 578. The fourth-order valence-electron chi connectivity index (χ4n) is 2.57. The normalized spacial score (nSPS) is 16.7. The van der Waals surface area contributed by atoms with E-state index in [0.29, 0.717) is 18.5 Å². The molecule has 2 heterocycles. The maximum atomic E-state index is 12.2. The van der Waals surface area contributed by atoms with E-state index in [1.54, 1.807) is 19.2 Å². The van der Waals surface area contributed by atoms with Crippen molar-refractivity contribution in [3.05, 3.63) is 35.7 Å². The predicted molar refractivity (Wildman–Crippen MR) is 83.2 cm³/mol. The van der Waals surface area contributed by atoms with E-state index in [9.17, 15) is 13.2 Å². The number of ether oxygens (including phenoxy) is 1. The molecule has 1 atom stereocenters. The van der Waals surface area contributed by atoms with Crippen LogP contribution in [0.25, 0.3) is 0 Å². The van der Waals surface area contributed by atoms with Gasteiger partial charge < -0.3 is 14.9 Å². The van der Waals surface area contributed by atoms with Gasteiger partial charge in [0.25, 0.3) is 0 Å². The molecular formula is C16H22F3N3O2. The van der Waals surface area contributed by atoms with Gasteiger partial charge >= 0.3 is 6.18 Å². The molecule has 24 heavy (non-hydrogen) atoms. The summed E-state index contributed by atoms with van der Waals surface area (Å²) in [6.45, 7) is 3.90. The molecule has 5 nitrogen and oxygen atoms in total. The Morgan fingerprint density at radius 2 is 2.17 bits per heavy atom. The number of hydrogen-bond donors (Lipinski definition) is 1. The van der Waals surface area contributed by atoms with E-state index in [1.807, 2.05) is 24.2 Å². The van der Waals surface area contributed by atoms with Crippen LogP contribution in [-0.4, -0.2) is 52.6 Å². The Morgan fingerprint density at radius 1 is 1.42 bits per heavy atom. The highest BCUT2D eigenvalue weighted by Gasteiger charge is 2.29. The van der Waals surface area contributed by atoms with E-state index >= 15 is 0 Å². The van der Waals surface area contributed by atoms with Crippen LogP contribution >= 0.6 is 0 Å². The first-order valence-corrected chi connectivity index (χ1v) is 7.78. The zero-order valence-electron chi connectivity index (χ0n) is 13.8. The number of aliphatic hydroxyl groups excluding tert-OH is 1. The molecule has 134 valence electrons. The molecule has 1 unspecified atom stereocenters. The maximum absolute atomic E-state index is 12.2. The van der Waals surface area contributed by atoms with Gasteiger partial charge in [0.2, 0.25) is 5.88 Å². The number of alkyl halides is 3. The van der Waals surface area contributed by atoms with Gasteiger partial charge in [-0.3, -0.25) is 0 Å². The number of rotatable bonds is 7. The Labute approximate surface area is 139 Å². The molecule has 0 aromatic carbocycles. The zero-order chi connectivity index (χ0) is 17.7. The fourth-order valence-corrected chi connectivity index (χ4v) is 2.57. The van der Waals surface area contributed by atoms with Crippen LogP contribution in [0, 0.1) is 6.92 Å². The Morgan fingerprint density at radius 3 is 2.79 bits per heavy atom. The van der Waals surface area contributed by atoms with Gasteiger partial charge in [-0.2, -0.15) is 13.2 Å². The summed E-state index contributed by atoms with van der Waals surface area (Å²) in [5.41, 5.74) is 1.46. The van der Waals surface area contributed by atoms with Gasteiger partial charge in [-0.25, -0.2) is 9.99 Å². The molecule has 1 aliphatic heterocycles. The van der Waals surface area contributed by atoms with Gasteiger partial charge in [0.1, 0.15) is 0 Å². The molecule has 2 rings (SSSR count). The number of halogens is 3. The van der Waals surface area contributed by atoms with Crippen molar-refractivity contribution >= 4 is 0 Å². The van der Waals surface area contributed by atoms with Crippen molar-refractivity contribution in [1.29, 1.82) is 0 Å². The summed E-state index contributed by atoms with van der Waals surface area (Å²) < 4.78 is 41.5. The number of aliphatic hydroxyl groups is 1. The Balaban J connectivity index is 2.05. The lowest BCUT2D eigenvalue weighted by Crippen LogP contribution is -2.38. The first kappa shape index (κ1) is 18.5. The monoisotopic (exact) mass is 345 g/mol. The van der Waals surface area contributed by atoms with E-state index in [1.165, 1.54) is 0 Å². The van der Waals surface area contributed by atoms with Crippen molar-refractivity contribution in [3.8, 4) is 5.88 Å². The van der Waals surface area contributed by atoms with Gasteiger partial charge in [-0.1, -0.05) is 6.08 Å². The number of nitrogens with zero attached hydrogens (tertiary/aromatic N) is 3. The second-order valence-electron chi connectivity index (χ2n) is 5.72. The molecule has 1 N–H and O–H groups in total. The van der Waals surface area contributed by atoms with Crippen LogP contribution in [0.2, 0.25) is 0 Å². The number of hydrazine groups is 1. The first-order chi connectivity index (χ1) is 11.3. The molecule has 0 fully saturated rings. The largest absolute Gasteiger partial charge is 0.468 e. The van der Waals surface area contributed by atoms with Gasteiger partial charge in [0, 0.05) is 37.7 Å². The lowest BCUT2D eigenvalue weighted by Gasteiger charge is -2.34. The molecule has 1 aromatic rings. The third-order valence-corrected chi connectivity index (χ3v) is 3.80. The van der Waals surface area contributed by atoms with Crippen LogP contribution in [0.5, 0.6) is 5.88 Å². The third kappa shape index (κ3) is 4.85. The Kier molecular flexibility index (Phi) is 6.06. The third-order valence-electron chi connectivity index (χ3n) is 3.80. The lowest BCUT2D eigenvalue weighted by molar-refractivity contribution is -0.154. The van der Waals surface area contributed by atoms with Gasteiger partial charge in [0.05, 0.1) is 6.04 Å². The van der Waals surface area contributed by atoms with Gasteiger partial charge in [-0.05, 0) is 31.9 Å². The summed E-state index contributed by atoms with van der Waals surface area (Å²) in [6, 6.07) is 1.80. The number of hydrogen-bond acceptors (Lipinski definition) is 5. The summed E-state index contributed by atoms with van der Waals surface area (Å²) in [5.74, 6) is -0.0000384. The highest BCUT2D eigenvalue weighted by molar-refractivity contribution is 5.30. The van der Waals surface area contributed by atoms with Crippen LogP contribution in [0.3, 0.4) is 0 Å². The van der Waals surface area contributed by atoms with E-state index in [-0.39, 0.29) is 18.5 Å². The average molecular weight is 345 g/mol. The standard InChI is InChI=1S/C16H22F3N3O2/c1-12-9-14(10-20-15(12)24-11-16(17,18)19)13(2)22-7-3-5-21(22)6-4-8-23/h3,5,9-10,13,23H,4,6-8,11H2,1-2H3. The van der Waals surface area contributed by atoms with Crippen LogP contribution in [0.4, 0.5) is 13.2 Å². The average Bonchev–Trinajstić information content (AvgIpc) is 2.98. The molecule has 0 aliphatic carbocycles. The molecule has 1 aromatic heterocycles. The minimum Gasteiger partial charge on any atom is -0.468 e. The molecule has 0 amide bonds. The van der Waals surface area contributed by atoms with Crippen LogP contribution < -0.4 is 4.74 Å². The van der Waals surface area contributed by atoms with E-state index in [0.717, 1.165) is 12.1 Å². The van der Waals surface area contributed by atoms with Crippen molar-refractivity contribution in [2.75, 3.05) is 26.3 Å². The molecule has 1 aliphatic rings. The quantitative estimate of drug-likeness (QED) is 0.823. The van der Waals surface area contributed by atoms with Crippen molar-refractivity contribution < 1.29 is 23.0 Å². The molecule has 0 saturated carbocycles. The van der Waals surface area contributed by atoms with E-state index in [2.05, 4.69) is 9.99 Å². The topological polar surface area (TPSA) is 48.8 Å². The highest BCUT2D eigenvalue weighted by atomic mass is 19.4. The van der Waals surface area contributed by atoms with Crippen LogP contribution in [0.1, 0.15) is 30.5 Å². The van der Waals surface area contributed by atoms with E-state index < -0.39 is 12.8 Å². The number of aryl methyl sites for hydroxylation is 1. The molecule has 0 bridgehead atoms. The maximum Gasteiger partial charge on any atom is 0.422 e. The molecule has 0 saturated heterocycles. The molecule has 0 radical (unpaired) electrons. The van der Waals surface area contributed by atoms with E-state index in [4.69, 9.17) is 9.84 Å². The summed E-state index contributed by atoms with van der Waals surface area (Å²) >= 11 is 0. The van der Waals surface area contributed by atoms with Crippen LogP contribution in [0.15, 0.2) is 24.5 Å². The highest BCUT2D eigenvalue weighted by Crippen LogP contribution is 2.28. The van der Waals surface area contributed by atoms with Crippen molar-refractivity contribution in [1.82, 2.24) is 15.0 Å². The fraction of sp³-hybridized carbons (Fsp3) is 0.562. The number of aromatic nitrogens is 1. The second kappa shape index (κ2) is 7.85. The van der Waals surface area contributed by atoms with Crippen molar-refractivity contribution in [2.24, 2.45) is 0 Å². The lowest BCUT2D eigenvalue weighted by atomic mass is 10.1. The summed E-state index contributed by atoms with van der Waals surface area (Å²) in [4.78, 5) is 4.03. The predicted octanol–water partition coefficient (Wildman–Crippen LogP) is 2.82. The van der Waals surface area contributed by atoms with Gasteiger partial charge in [0.15, 0.2) is 6.61 Å². The molecule has 8 heteroatoms. The number of pyridine rings is 1. The van der Waals surface area contributed by atoms with Crippen molar-refractivity contribution in [3.63, 3.8) is 0 Å². The minimum atomic E-state index is -4.38. The Hall–Kier alpha value is -1.80.